The maximum atomic E-state index is 5.49. The molecule has 1 aromatic carbocycles. The van der Waals surface area contributed by atoms with Crippen molar-refractivity contribution in [2.45, 2.75) is 0 Å². The van der Waals surface area contributed by atoms with Gasteiger partial charge < -0.3 is 24.7 Å². The van der Waals surface area contributed by atoms with E-state index in [1.165, 1.54) is 0 Å². The standard InChI is InChI=1S/C13H21NO4/c1-15-12-2-4-13(5-3-12)18-11-10-17-9-8-16-7-6-14/h2-5H,6-11,14H2,1H3. The van der Waals surface area contributed by atoms with E-state index < -0.39 is 0 Å². The summed E-state index contributed by atoms with van der Waals surface area (Å²) in [7, 11) is 1.64. The van der Waals surface area contributed by atoms with Gasteiger partial charge in [-0.3, -0.25) is 0 Å². The maximum Gasteiger partial charge on any atom is 0.119 e. The van der Waals surface area contributed by atoms with Gasteiger partial charge in [0.2, 0.25) is 0 Å². The van der Waals surface area contributed by atoms with Gasteiger partial charge in [0, 0.05) is 6.54 Å². The van der Waals surface area contributed by atoms with Crippen LogP contribution in [0.25, 0.3) is 0 Å². The fraction of sp³-hybridized carbons (Fsp3) is 0.538. The van der Waals surface area contributed by atoms with Gasteiger partial charge in [-0.25, -0.2) is 0 Å². The molecule has 18 heavy (non-hydrogen) atoms. The van der Waals surface area contributed by atoms with Crippen LogP contribution < -0.4 is 15.2 Å². The lowest BCUT2D eigenvalue weighted by Crippen LogP contribution is -2.14. The number of methoxy groups -OCH3 is 1. The Morgan fingerprint density at radius 2 is 1.39 bits per heavy atom. The van der Waals surface area contributed by atoms with Gasteiger partial charge >= 0.3 is 0 Å². The molecule has 0 amide bonds. The van der Waals surface area contributed by atoms with E-state index in [0.717, 1.165) is 11.5 Å². The van der Waals surface area contributed by atoms with Gasteiger partial charge in [0.05, 0.1) is 33.5 Å². The molecule has 0 aliphatic rings. The van der Waals surface area contributed by atoms with Gasteiger partial charge in [0.1, 0.15) is 18.1 Å². The van der Waals surface area contributed by atoms with Crippen LogP contribution in [0.3, 0.4) is 0 Å². The first-order valence-electron chi connectivity index (χ1n) is 5.99. The Balaban J connectivity index is 2.00. The molecule has 1 aromatic rings. The number of hydrogen-bond acceptors (Lipinski definition) is 5. The molecular formula is C13H21NO4. The molecule has 2 N–H and O–H groups in total. The fourth-order valence-electron chi connectivity index (χ4n) is 1.30. The molecule has 5 heteroatoms. The minimum atomic E-state index is 0.517. The minimum absolute atomic E-state index is 0.517. The Morgan fingerprint density at radius 1 is 0.833 bits per heavy atom. The molecule has 0 aliphatic heterocycles. The Morgan fingerprint density at radius 3 is 2.00 bits per heavy atom. The summed E-state index contributed by atoms with van der Waals surface area (Å²) in [6.45, 7) is 3.30. The van der Waals surface area contributed by atoms with Gasteiger partial charge in [-0.05, 0) is 24.3 Å². The third kappa shape index (κ3) is 6.44. The van der Waals surface area contributed by atoms with Crippen LogP contribution in [0.15, 0.2) is 24.3 Å². The summed E-state index contributed by atoms with van der Waals surface area (Å²) in [6, 6.07) is 7.44. The normalized spacial score (nSPS) is 10.3. The van der Waals surface area contributed by atoms with Crippen molar-refractivity contribution in [3.05, 3.63) is 24.3 Å². The number of benzene rings is 1. The Labute approximate surface area is 108 Å². The molecule has 5 nitrogen and oxygen atoms in total. The third-order valence-corrected chi connectivity index (χ3v) is 2.19. The average Bonchev–Trinajstić information content (AvgIpc) is 2.42. The van der Waals surface area contributed by atoms with E-state index in [4.69, 9.17) is 24.7 Å². The van der Waals surface area contributed by atoms with Crippen molar-refractivity contribution < 1.29 is 18.9 Å². The highest BCUT2D eigenvalue weighted by molar-refractivity contribution is 5.31. The van der Waals surface area contributed by atoms with Crippen LogP contribution in [-0.4, -0.2) is 46.7 Å². The summed E-state index contributed by atoms with van der Waals surface area (Å²) in [5, 5.41) is 0. The maximum absolute atomic E-state index is 5.49. The first-order valence-corrected chi connectivity index (χ1v) is 5.99. The van der Waals surface area contributed by atoms with Crippen molar-refractivity contribution in [1.29, 1.82) is 0 Å². The van der Waals surface area contributed by atoms with E-state index in [0.29, 0.717) is 39.6 Å². The predicted octanol–water partition coefficient (Wildman–Crippen LogP) is 1.07. The summed E-state index contributed by atoms with van der Waals surface area (Å²) in [6.07, 6.45) is 0. The summed E-state index contributed by atoms with van der Waals surface area (Å²) in [5.41, 5.74) is 5.28. The second-order valence-electron chi connectivity index (χ2n) is 3.54. The van der Waals surface area contributed by atoms with E-state index in [9.17, 15) is 0 Å². The highest BCUT2D eigenvalue weighted by atomic mass is 16.5. The lowest BCUT2D eigenvalue weighted by Gasteiger charge is -2.08. The largest absolute Gasteiger partial charge is 0.497 e. The van der Waals surface area contributed by atoms with Gasteiger partial charge in [-0.1, -0.05) is 0 Å². The average molecular weight is 255 g/mol. The lowest BCUT2D eigenvalue weighted by molar-refractivity contribution is 0.0388. The predicted molar refractivity (Wildman–Crippen MR) is 69.2 cm³/mol. The minimum Gasteiger partial charge on any atom is -0.497 e. The SMILES string of the molecule is COc1ccc(OCCOCCOCCN)cc1. The topological polar surface area (TPSA) is 62.9 Å². The molecule has 0 fully saturated rings. The molecule has 1 rings (SSSR count). The quantitative estimate of drug-likeness (QED) is 0.633. The molecule has 0 spiro atoms. The first kappa shape index (κ1) is 14.8. The molecule has 102 valence electrons. The lowest BCUT2D eigenvalue weighted by atomic mass is 10.3. The van der Waals surface area contributed by atoms with Crippen LogP contribution in [0.5, 0.6) is 11.5 Å². The Bertz CT molecular complexity index is 302. The smallest absolute Gasteiger partial charge is 0.119 e. The number of hydrogen-bond donors (Lipinski definition) is 1. The second kappa shape index (κ2) is 9.70. The summed E-state index contributed by atoms with van der Waals surface area (Å²) in [5.74, 6) is 1.62. The molecule has 0 unspecified atom stereocenters. The molecular weight excluding hydrogens is 234 g/mol. The van der Waals surface area contributed by atoms with E-state index >= 15 is 0 Å². The van der Waals surface area contributed by atoms with E-state index in [1.807, 2.05) is 24.3 Å². The van der Waals surface area contributed by atoms with Gasteiger partial charge in [-0.15, -0.1) is 0 Å². The van der Waals surface area contributed by atoms with E-state index in [1.54, 1.807) is 7.11 Å². The summed E-state index contributed by atoms with van der Waals surface area (Å²) in [4.78, 5) is 0. The van der Waals surface area contributed by atoms with Crippen LogP contribution in [0, 0.1) is 0 Å². The van der Waals surface area contributed by atoms with Crippen LogP contribution >= 0.6 is 0 Å². The van der Waals surface area contributed by atoms with Crippen LogP contribution in [-0.2, 0) is 9.47 Å². The van der Waals surface area contributed by atoms with Crippen LogP contribution in [0.4, 0.5) is 0 Å². The highest BCUT2D eigenvalue weighted by Crippen LogP contribution is 2.16. The highest BCUT2D eigenvalue weighted by Gasteiger charge is 1.95. The van der Waals surface area contributed by atoms with Crippen molar-refractivity contribution in [2.75, 3.05) is 46.7 Å². The van der Waals surface area contributed by atoms with Gasteiger partial charge in [0.15, 0.2) is 0 Å². The van der Waals surface area contributed by atoms with Crippen LogP contribution in [0.2, 0.25) is 0 Å². The number of ether oxygens (including phenoxy) is 4. The zero-order valence-corrected chi connectivity index (χ0v) is 10.8. The van der Waals surface area contributed by atoms with Crippen molar-refractivity contribution >= 4 is 0 Å². The zero-order valence-electron chi connectivity index (χ0n) is 10.8. The number of rotatable bonds is 10. The van der Waals surface area contributed by atoms with Crippen LogP contribution in [0.1, 0.15) is 0 Å². The van der Waals surface area contributed by atoms with Crippen molar-refractivity contribution in [2.24, 2.45) is 5.73 Å². The van der Waals surface area contributed by atoms with E-state index in [2.05, 4.69) is 0 Å². The second-order valence-corrected chi connectivity index (χ2v) is 3.54. The number of nitrogens with two attached hydrogens (primary N) is 1. The van der Waals surface area contributed by atoms with Crippen molar-refractivity contribution in [1.82, 2.24) is 0 Å². The molecule has 0 saturated carbocycles. The molecule has 0 bridgehead atoms. The van der Waals surface area contributed by atoms with Gasteiger partial charge in [-0.2, -0.15) is 0 Å². The molecule has 0 aliphatic carbocycles. The summed E-state index contributed by atoms with van der Waals surface area (Å²) < 4.78 is 21.0. The van der Waals surface area contributed by atoms with E-state index in [-0.39, 0.29) is 0 Å². The van der Waals surface area contributed by atoms with Crippen molar-refractivity contribution in [3.63, 3.8) is 0 Å². The fourth-order valence-corrected chi connectivity index (χ4v) is 1.30. The van der Waals surface area contributed by atoms with Gasteiger partial charge in [0.25, 0.3) is 0 Å². The first-order chi connectivity index (χ1) is 8.86. The Kier molecular flexibility index (Phi) is 7.96. The third-order valence-electron chi connectivity index (χ3n) is 2.19. The Hall–Kier alpha value is -1.30. The molecule has 0 aromatic heterocycles. The zero-order chi connectivity index (χ0) is 13.1. The molecule has 0 heterocycles. The molecule has 0 saturated heterocycles. The summed E-state index contributed by atoms with van der Waals surface area (Å²) >= 11 is 0. The van der Waals surface area contributed by atoms with Crippen molar-refractivity contribution in [3.8, 4) is 11.5 Å². The molecule has 0 radical (unpaired) electrons. The molecule has 0 atom stereocenters. The monoisotopic (exact) mass is 255 g/mol.